The highest BCUT2D eigenvalue weighted by molar-refractivity contribution is 5.94. The van der Waals surface area contributed by atoms with Crippen LogP contribution in [0.2, 0.25) is 0 Å². The van der Waals surface area contributed by atoms with Crippen molar-refractivity contribution in [1.29, 1.82) is 0 Å². The highest BCUT2D eigenvalue weighted by atomic mass is 19.2. The molecule has 0 amide bonds. The summed E-state index contributed by atoms with van der Waals surface area (Å²) >= 11 is 0. The Morgan fingerprint density at radius 3 is 2.54 bits per heavy atom. The number of carboxylic acid groups (broad SMARTS) is 1. The van der Waals surface area contributed by atoms with Crippen molar-refractivity contribution in [2.45, 2.75) is 38.3 Å². The average Bonchev–Trinajstić information content (AvgIpc) is 3.39. The number of aromatic carboxylic acids is 1. The number of nitrogens with one attached hydrogen (secondary N) is 1. The van der Waals surface area contributed by atoms with Crippen LogP contribution < -0.4 is 15.6 Å². The molecule has 0 radical (unpaired) electrons. The van der Waals surface area contributed by atoms with Gasteiger partial charge in [0.15, 0.2) is 17.5 Å². The minimum absolute atomic E-state index is 0.0302. The third-order valence-electron chi connectivity index (χ3n) is 5.44. The zero-order chi connectivity index (χ0) is 20.2. The van der Waals surface area contributed by atoms with Crippen molar-refractivity contribution < 1.29 is 23.1 Å². The van der Waals surface area contributed by atoms with Crippen LogP contribution in [-0.4, -0.2) is 41.3 Å². The molecular weight excluding hydrogens is 375 g/mol. The second-order valence-corrected chi connectivity index (χ2v) is 7.32. The van der Waals surface area contributed by atoms with Crippen LogP contribution in [0.5, 0.6) is 0 Å². The fourth-order valence-electron chi connectivity index (χ4n) is 3.97. The second kappa shape index (κ2) is 6.80. The van der Waals surface area contributed by atoms with E-state index in [1.54, 1.807) is 0 Å². The minimum Gasteiger partial charge on any atom is -0.477 e. The molecule has 6 nitrogen and oxygen atoms in total. The molecule has 9 heteroatoms. The van der Waals surface area contributed by atoms with Gasteiger partial charge >= 0.3 is 5.97 Å². The van der Waals surface area contributed by atoms with Crippen LogP contribution in [0.15, 0.2) is 11.0 Å². The molecule has 1 aromatic heterocycles. The zero-order valence-corrected chi connectivity index (χ0v) is 15.3. The van der Waals surface area contributed by atoms with E-state index in [4.69, 9.17) is 0 Å². The number of nitrogens with zero attached hydrogens (tertiary/aromatic N) is 2. The Hall–Kier alpha value is -2.55. The summed E-state index contributed by atoms with van der Waals surface area (Å²) in [6.07, 6.45) is 2.99. The quantitative estimate of drug-likeness (QED) is 0.762. The van der Waals surface area contributed by atoms with Crippen LogP contribution in [0.25, 0.3) is 10.9 Å². The summed E-state index contributed by atoms with van der Waals surface area (Å²) in [5.41, 5.74) is -2.77. The number of hydrogen-bond donors (Lipinski definition) is 2. The van der Waals surface area contributed by atoms with E-state index in [-0.39, 0.29) is 17.6 Å². The van der Waals surface area contributed by atoms with Gasteiger partial charge in [-0.15, -0.1) is 0 Å². The summed E-state index contributed by atoms with van der Waals surface area (Å²) < 4.78 is 46.5. The van der Waals surface area contributed by atoms with Crippen molar-refractivity contribution >= 4 is 22.6 Å². The number of halogens is 3. The third kappa shape index (κ3) is 2.85. The zero-order valence-electron chi connectivity index (χ0n) is 15.3. The highest BCUT2D eigenvalue weighted by Crippen LogP contribution is 2.41. The molecule has 1 unspecified atom stereocenters. The Morgan fingerprint density at radius 2 is 1.93 bits per heavy atom. The van der Waals surface area contributed by atoms with Crippen molar-refractivity contribution in [3.05, 3.63) is 39.4 Å². The molecular formula is C19H20F3N3O3. The molecule has 2 heterocycles. The maximum atomic E-state index is 15.5. The molecule has 2 fully saturated rings. The smallest absolute Gasteiger partial charge is 0.341 e. The number of likely N-dealkylation sites (N-methyl/N-ethyl adjacent to an activating group) is 1. The Balaban J connectivity index is 1.97. The maximum absolute atomic E-state index is 15.5. The summed E-state index contributed by atoms with van der Waals surface area (Å²) in [5.74, 6) is -5.53. The van der Waals surface area contributed by atoms with E-state index in [1.165, 1.54) is 9.47 Å². The number of carboxylic acids is 1. The van der Waals surface area contributed by atoms with E-state index >= 15 is 4.39 Å². The van der Waals surface area contributed by atoms with Gasteiger partial charge in [-0.05, 0) is 25.8 Å². The molecule has 2 N–H and O–H groups in total. The van der Waals surface area contributed by atoms with Gasteiger partial charge in [-0.1, -0.05) is 6.92 Å². The van der Waals surface area contributed by atoms with Crippen LogP contribution in [0.4, 0.5) is 18.9 Å². The van der Waals surface area contributed by atoms with Crippen molar-refractivity contribution in [3.63, 3.8) is 0 Å². The van der Waals surface area contributed by atoms with Crippen LogP contribution >= 0.6 is 0 Å². The summed E-state index contributed by atoms with van der Waals surface area (Å²) in [6, 6.07) is -0.205. The van der Waals surface area contributed by atoms with Gasteiger partial charge in [0, 0.05) is 31.4 Å². The van der Waals surface area contributed by atoms with Crippen LogP contribution in [0.1, 0.15) is 42.6 Å². The van der Waals surface area contributed by atoms with Crippen molar-refractivity contribution in [2.24, 2.45) is 0 Å². The Morgan fingerprint density at radius 1 is 1.21 bits per heavy atom. The molecule has 1 atom stereocenters. The summed E-state index contributed by atoms with van der Waals surface area (Å²) in [4.78, 5) is 25.3. The molecule has 2 aliphatic rings. The van der Waals surface area contributed by atoms with Gasteiger partial charge in [-0.25, -0.2) is 18.0 Å². The number of carbonyl (C=O) groups is 1. The number of pyridine rings is 1. The molecule has 150 valence electrons. The van der Waals surface area contributed by atoms with E-state index in [0.717, 1.165) is 6.20 Å². The Kier molecular flexibility index (Phi) is 4.57. The predicted octanol–water partition coefficient (Wildman–Crippen LogP) is 2.64. The molecule has 1 aliphatic heterocycles. The fraction of sp³-hybridized carbons (Fsp3) is 0.474. The summed E-state index contributed by atoms with van der Waals surface area (Å²) in [7, 11) is 0. The first-order chi connectivity index (χ1) is 13.3. The minimum atomic E-state index is -1.56. The SMILES string of the molecule is CCNC1CCN(c2c(F)c(F)c3c(=O)c(C(=O)O)cn(C4CC4)c3c2F)C1. The van der Waals surface area contributed by atoms with E-state index < -0.39 is 45.5 Å². The average molecular weight is 395 g/mol. The second-order valence-electron chi connectivity index (χ2n) is 7.32. The topological polar surface area (TPSA) is 74.6 Å². The third-order valence-corrected chi connectivity index (χ3v) is 5.44. The Labute approximate surface area is 158 Å². The molecule has 0 spiro atoms. The van der Waals surface area contributed by atoms with Crippen LogP contribution in [0, 0.1) is 17.5 Å². The number of hydrogen-bond acceptors (Lipinski definition) is 4. The molecule has 2 aromatic rings. The Bertz CT molecular complexity index is 1030. The van der Waals surface area contributed by atoms with Gasteiger partial charge in [0.1, 0.15) is 11.3 Å². The summed E-state index contributed by atoms with van der Waals surface area (Å²) in [5, 5.41) is 11.6. The standard InChI is InChI=1S/C19H20F3N3O3/c1-2-23-9-5-6-24(7-9)17-14(21)13(20)12-16(15(17)22)25(10-3-4-10)8-11(18(12)26)19(27)28/h8-10,23H,2-7H2,1H3,(H,27,28). The number of rotatable bonds is 5. The lowest BCUT2D eigenvalue weighted by Crippen LogP contribution is -2.33. The van der Waals surface area contributed by atoms with E-state index in [2.05, 4.69) is 5.32 Å². The number of aromatic nitrogens is 1. The van der Waals surface area contributed by atoms with Crippen molar-refractivity contribution in [1.82, 2.24) is 9.88 Å². The van der Waals surface area contributed by atoms with E-state index in [9.17, 15) is 23.5 Å². The van der Waals surface area contributed by atoms with Gasteiger partial charge in [-0.3, -0.25) is 4.79 Å². The van der Waals surface area contributed by atoms with Gasteiger partial charge < -0.3 is 19.9 Å². The summed E-state index contributed by atoms with van der Waals surface area (Å²) in [6.45, 7) is 3.29. The molecule has 4 rings (SSSR count). The predicted molar refractivity (Wildman–Crippen MR) is 97.6 cm³/mol. The largest absolute Gasteiger partial charge is 0.477 e. The van der Waals surface area contributed by atoms with Gasteiger partial charge in [0.2, 0.25) is 5.43 Å². The van der Waals surface area contributed by atoms with Crippen LogP contribution in [-0.2, 0) is 0 Å². The normalized spacial score (nSPS) is 19.6. The van der Waals surface area contributed by atoms with Gasteiger partial charge in [0.05, 0.1) is 10.9 Å². The van der Waals surface area contributed by atoms with Gasteiger partial charge in [-0.2, -0.15) is 0 Å². The van der Waals surface area contributed by atoms with E-state index in [1.807, 2.05) is 6.92 Å². The van der Waals surface area contributed by atoms with E-state index in [0.29, 0.717) is 38.9 Å². The maximum Gasteiger partial charge on any atom is 0.341 e. The molecule has 1 aliphatic carbocycles. The van der Waals surface area contributed by atoms with Crippen molar-refractivity contribution in [3.8, 4) is 0 Å². The first-order valence-corrected chi connectivity index (χ1v) is 9.32. The number of anilines is 1. The lowest BCUT2D eigenvalue weighted by Gasteiger charge is -2.23. The highest BCUT2D eigenvalue weighted by Gasteiger charge is 2.35. The first-order valence-electron chi connectivity index (χ1n) is 9.32. The molecule has 28 heavy (non-hydrogen) atoms. The van der Waals surface area contributed by atoms with Crippen LogP contribution in [0.3, 0.4) is 0 Å². The molecule has 0 bridgehead atoms. The molecule has 1 saturated carbocycles. The lowest BCUT2D eigenvalue weighted by atomic mass is 10.1. The lowest BCUT2D eigenvalue weighted by molar-refractivity contribution is 0.0694. The monoisotopic (exact) mass is 395 g/mol. The fourth-order valence-corrected chi connectivity index (χ4v) is 3.97. The molecule has 1 saturated heterocycles. The first kappa shape index (κ1) is 18.8. The van der Waals surface area contributed by atoms with Gasteiger partial charge in [0.25, 0.3) is 0 Å². The van der Waals surface area contributed by atoms with Crippen molar-refractivity contribution in [2.75, 3.05) is 24.5 Å². The molecule has 1 aromatic carbocycles. The number of benzene rings is 1. The number of fused-ring (bicyclic) bond motifs is 1.